The molecule has 4 aliphatic rings. The van der Waals surface area contributed by atoms with Crippen LogP contribution in [0.4, 0.5) is 27.8 Å². The lowest BCUT2D eigenvalue weighted by molar-refractivity contribution is -0.182. The van der Waals surface area contributed by atoms with Crippen molar-refractivity contribution in [1.82, 2.24) is 29.5 Å². The predicted octanol–water partition coefficient (Wildman–Crippen LogP) is 6.50. The summed E-state index contributed by atoms with van der Waals surface area (Å²) in [5.74, 6) is -0.852. The van der Waals surface area contributed by atoms with Crippen LogP contribution in [-0.2, 0) is 11.8 Å². The van der Waals surface area contributed by atoms with Crippen LogP contribution >= 0.6 is 0 Å². The molecule has 1 N–H and O–H groups in total. The number of hydrogen-bond acceptors (Lipinski definition) is 9. The molecule has 1 saturated carbocycles. The van der Waals surface area contributed by atoms with Gasteiger partial charge in [-0.25, -0.2) is 8.78 Å². The molecule has 294 valence electrons. The number of benzene rings is 3. The Morgan fingerprint density at radius 2 is 1.70 bits per heavy atom. The van der Waals surface area contributed by atoms with Gasteiger partial charge in [-0.05, 0) is 67.8 Å². The number of nitrogens with zero attached hydrogens (tertiary/aromatic N) is 7. The summed E-state index contributed by atoms with van der Waals surface area (Å²) in [7, 11) is 5.06. The first-order chi connectivity index (χ1) is 26.8. The van der Waals surface area contributed by atoms with Gasteiger partial charge >= 0.3 is 12.2 Å². The molecule has 2 bridgehead atoms. The normalized spacial score (nSPS) is 25.7. The average Bonchev–Trinajstić information content (AvgIpc) is 3.79. The van der Waals surface area contributed by atoms with E-state index in [-0.39, 0.29) is 76.7 Å². The summed E-state index contributed by atoms with van der Waals surface area (Å²) < 4.78 is 88.2. The van der Waals surface area contributed by atoms with E-state index in [1.807, 2.05) is 0 Å². The van der Waals surface area contributed by atoms with Crippen molar-refractivity contribution in [2.24, 2.45) is 24.8 Å². The largest absolute Gasteiger partial charge is 0.508 e. The van der Waals surface area contributed by atoms with Gasteiger partial charge in [-0.2, -0.15) is 28.2 Å². The highest BCUT2D eigenvalue weighted by Gasteiger charge is 2.50. The molecule has 3 aromatic carbocycles. The van der Waals surface area contributed by atoms with E-state index in [4.69, 9.17) is 26.0 Å². The fourth-order valence-corrected chi connectivity index (χ4v) is 9.93. The topological polar surface area (TPSA) is 92.0 Å². The molecule has 4 fully saturated rings. The Kier molecular flexibility index (Phi) is 9.01. The molecule has 2 unspecified atom stereocenters. The van der Waals surface area contributed by atoms with E-state index in [9.17, 15) is 18.3 Å². The number of anilines is 1. The standard InChI is InChI=1S/C41H42F5N7O3/c1-5-28-32(42)9-6-22-12-27(54)13-29(33(22)28)34-36(43)38-35(30-17-51(3)49-37(30)34)39(48-40(47-38)56-20-23-14-50(2)18-31(23)41(44,45)46)53-24-7-8-25(53)16-52(15-24)26-10-21(11-26)19-55-4/h1,6,9,12-13,17,21,23-26,31,54H,7-8,10-11,14-16,18-20H2,2-4H3/t21?,23-,24?,25?,26?,31+/m1/s1. The lowest BCUT2D eigenvalue weighted by Gasteiger charge is -2.49. The van der Waals surface area contributed by atoms with E-state index in [0.29, 0.717) is 33.9 Å². The number of fused-ring (bicyclic) bond motifs is 6. The van der Waals surface area contributed by atoms with Crippen LogP contribution in [0.3, 0.4) is 0 Å². The van der Waals surface area contributed by atoms with Gasteiger partial charge in [-0.15, -0.1) is 6.42 Å². The third kappa shape index (κ3) is 6.08. The summed E-state index contributed by atoms with van der Waals surface area (Å²) in [5, 5.41) is 17.1. The van der Waals surface area contributed by atoms with Crippen LogP contribution in [-0.4, -0.2) is 113 Å². The molecule has 3 saturated heterocycles. The van der Waals surface area contributed by atoms with Gasteiger partial charge in [0.15, 0.2) is 5.82 Å². The maximum atomic E-state index is 17.7. The van der Waals surface area contributed by atoms with Crippen LogP contribution in [0.15, 0.2) is 30.5 Å². The maximum absolute atomic E-state index is 17.7. The number of aromatic hydroxyl groups is 1. The lowest BCUT2D eigenvalue weighted by atomic mass is 9.79. The van der Waals surface area contributed by atoms with Crippen molar-refractivity contribution in [3.8, 4) is 35.2 Å². The van der Waals surface area contributed by atoms with E-state index in [1.54, 1.807) is 37.0 Å². The SMILES string of the molecule is C#Cc1c(F)ccc2cc(O)cc(-c3c(F)c4nc(OC[C@H]5CN(C)C[C@@H]5C(F)(F)F)nc(N5C6CCC5CN(C5CC(COC)C5)C6)c4c4cn(C)nc34)c12. The molecule has 1 aliphatic carbocycles. The molecule has 4 atom stereocenters. The predicted molar refractivity (Wildman–Crippen MR) is 202 cm³/mol. The Hall–Kier alpha value is -4.78. The van der Waals surface area contributed by atoms with Gasteiger partial charge in [0.25, 0.3) is 0 Å². The van der Waals surface area contributed by atoms with Crippen LogP contribution in [0, 0.1) is 41.7 Å². The number of likely N-dealkylation sites (tertiary alicyclic amines) is 2. The fourth-order valence-electron chi connectivity index (χ4n) is 9.93. The Labute approximate surface area is 320 Å². The Balaban J connectivity index is 1.22. The minimum atomic E-state index is -4.43. The second-order valence-corrected chi connectivity index (χ2v) is 16.1. The zero-order valence-corrected chi connectivity index (χ0v) is 31.3. The van der Waals surface area contributed by atoms with Crippen LogP contribution in [0.5, 0.6) is 11.8 Å². The molecule has 0 spiro atoms. The number of rotatable bonds is 8. The van der Waals surface area contributed by atoms with Gasteiger partial charge in [-0.3, -0.25) is 9.58 Å². The number of piperazine rings is 1. The van der Waals surface area contributed by atoms with E-state index in [0.717, 1.165) is 45.4 Å². The van der Waals surface area contributed by atoms with Crippen molar-refractivity contribution >= 4 is 38.4 Å². The summed E-state index contributed by atoms with van der Waals surface area (Å²) in [5.41, 5.74) is 0.0334. The molecule has 56 heavy (non-hydrogen) atoms. The summed E-state index contributed by atoms with van der Waals surface area (Å²) >= 11 is 0. The summed E-state index contributed by atoms with van der Waals surface area (Å²) in [6.45, 7) is 1.98. The molecular formula is C41H42F5N7O3. The zero-order chi connectivity index (χ0) is 39.2. The van der Waals surface area contributed by atoms with E-state index in [1.165, 1.54) is 24.3 Å². The summed E-state index contributed by atoms with van der Waals surface area (Å²) in [4.78, 5) is 15.9. The number of phenolic OH excluding ortho intramolecular Hbond substituents is 1. The second-order valence-electron chi connectivity index (χ2n) is 16.1. The number of hydrogen-bond donors (Lipinski definition) is 1. The van der Waals surface area contributed by atoms with Crippen molar-refractivity contribution in [3.63, 3.8) is 0 Å². The monoisotopic (exact) mass is 775 g/mol. The molecule has 9 rings (SSSR count). The first kappa shape index (κ1) is 36.8. The highest BCUT2D eigenvalue weighted by Crippen LogP contribution is 2.48. The van der Waals surface area contributed by atoms with Crippen molar-refractivity contribution in [1.29, 1.82) is 0 Å². The molecule has 5 heterocycles. The van der Waals surface area contributed by atoms with Crippen molar-refractivity contribution < 1.29 is 36.5 Å². The molecule has 0 amide bonds. The molecular weight excluding hydrogens is 733 g/mol. The van der Waals surface area contributed by atoms with E-state index < -0.39 is 29.6 Å². The van der Waals surface area contributed by atoms with Gasteiger partial charge in [0, 0.05) is 93.5 Å². The number of methoxy groups -OCH3 is 1. The van der Waals surface area contributed by atoms with Gasteiger partial charge < -0.3 is 24.4 Å². The molecule has 15 heteroatoms. The molecule has 10 nitrogen and oxygen atoms in total. The quantitative estimate of drug-likeness (QED) is 0.140. The molecule has 0 radical (unpaired) electrons. The number of phenols is 1. The Morgan fingerprint density at radius 3 is 2.39 bits per heavy atom. The highest BCUT2D eigenvalue weighted by atomic mass is 19.4. The molecule has 3 aliphatic heterocycles. The Bertz CT molecular complexity index is 2390. The minimum absolute atomic E-state index is 0.0323. The zero-order valence-electron chi connectivity index (χ0n) is 31.3. The van der Waals surface area contributed by atoms with Gasteiger partial charge in [-0.1, -0.05) is 12.0 Å². The molecule has 5 aromatic rings. The Morgan fingerprint density at radius 1 is 0.946 bits per heavy atom. The van der Waals surface area contributed by atoms with Crippen LogP contribution in [0.1, 0.15) is 31.2 Å². The third-order valence-corrected chi connectivity index (χ3v) is 12.5. The van der Waals surface area contributed by atoms with Crippen molar-refractivity contribution in [2.45, 2.75) is 50.0 Å². The van der Waals surface area contributed by atoms with E-state index >= 15 is 8.78 Å². The number of aromatic nitrogens is 4. The second kappa shape index (κ2) is 13.7. The number of ether oxygens (including phenoxy) is 2. The number of halogens is 5. The summed E-state index contributed by atoms with van der Waals surface area (Å²) in [6.07, 6.45) is 7.01. The van der Waals surface area contributed by atoms with Gasteiger partial charge in [0.1, 0.15) is 28.4 Å². The van der Waals surface area contributed by atoms with Crippen molar-refractivity contribution in [2.75, 3.05) is 58.5 Å². The highest BCUT2D eigenvalue weighted by molar-refractivity contribution is 6.18. The number of aryl methyl sites for hydroxylation is 1. The first-order valence-electron chi connectivity index (χ1n) is 19.0. The maximum Gasteiger partial charge on any atom is 0.393 e. The summed E-state index contributed by atoms with van der Waals surface area (Å²) in [6, 6.07) is 5.68. The van der Waals surface area contributed by atoms with Gasteiger partial charge in [0.2, 0.25) is 0 Å². The van der Waals surface area contributed by atoms with Gasteiger partial charge in [0.05, 0.1) is 23.5 Å². The number of terminal acetylenes is 1. The van der Waals surface area contributed by atoms with Crippen LogP contribution in [0.2, 0.25) is 0 Å². The fraction of sp³-hybridized carbons (Fsp3) is 0.488. The smallest absolute Gasteiger partial charge is 0.393 e. The third-order valence-electron chi connectivity index (χ3n) is 12.5. The number of alkyl halides is 3. The lowest BCUT2D eigenvalue weighted by Crippen LogP contribution is -2.59. The van der Waals surface area contributed by atoms with Crippen LogP contribution in [0.25, 0.3) is 43.7 Å². The van der Waals surface area contributed by atoms with Crippen molar-refractivity contribution in [3.05, 3.63) is 47.7 Å². The molecule has 2 aromatic heterocycles. The average molecular weight is 776 g/mol. The van der Waals surface area contributed by atoms with Crippen LogP contribution < -0.4 is 9.64 Å². The van der Waals surface area contributed by atoms with E-state index in [2.05, 4.69) is 20.7 Å². The minimum Gasteiger partial charge on any atom is -0.508 e. The first-order valence-corrected chi connectivity index (χ1v) is 19.0.